The van der Waals surface area contributed by atoms with Crippen molar-refractivity contribution in [3.8, 4) is 0 Å². The normalized spacial score (nSPS) is 22.0. The van der Waals surface area contributed by atoms with E-state index >= 15 is 0 Å². The van der Waals surface area contributed by atoms with E-state index in [4.69, 9.17) is 0 Å². The molecule has 0 aromatic heterocycles. The van der Waals surface area contributed by atoms with Crippen molar-refractivity contribution in [2.24, 2.45) is 0 Å². The summed E-state index contributed by atoms with van der Waals surface area (Å²) in [7, 11) is 2.19. The second-order valence-corrected chi connectivity index (χ2v) is 5.60. The van der Waals surface area contributed by atoms with Gasteiger partial charge in [0, 0.05) is 24.7 Å². The molecule has 0 spiro atoms. The summed E-state index contributed by atoms with van der Waals surface area (Å²) < 4.78 is 0. The number of hydrogen-bond donors (Lipinski definition) is 0. The highest BCUT2D eigenvalue weighted by Crippen LogP contribution is 2.41. The van der Waals surface area contributed by atoms with Gasteiger partial charge in [0.25, 0.3) is 0 Å². The molecule has 2 aromatic rings. The highest BCUT2D eigenvalue weighted by atomic mass is 15.1. The number of para-hydroxylation sites is 1. The fraction of sp³-hybridized carbons (Fsp3) is 0.294. The van der Waals surface area contributed by atoms with Crippen LogP contribution in [0, 0.1) is 0 Å². The van der Waals surface area contributed by atoms with Crippen LogP contribution in [0.1, 0.15) is 18.1 Å². The Morgan fingerprint density at radius 2 is 1.67 bits per heavy atom. The van der Waals surface area contributed by atoms with Crippen LogP contribution in [0.4, 0.5) is 5.69 Å². The maximum Gasteiger partial charge on any atom is 0.0402 e. The summed E-state index contributed by atoms with van der Waals surface area (Å²) in [6.07, 6.45) is 1.11. The van der Waals surface area contributed by atoms with Gasteiger partial charge >= 0.3 is 0 Å². The first-order chi connectivity index (χ1) is 8.69. The number of nitrogens with zero attached hydrogens (tertiary/aromatic N) is 1. The van der Waals surface area contributed by atoms with Crippen molar-refractivity contribution in [3.05, 3.63) is 65.7 Å². The molecule has 1 atom stereocenters. The molecule has 0 fully saturated rings. The minimum Gasteiger partial charge on any atom is -0.373 e. The molecule has 0 saturated heterocycles. The Labute approximate surface area is 109 Å². The van der Waals surface area contributed by atoms with E-state index in [1.54, 1.807) is 0 Å². The number of likely N-dealkylation sites (N-methyl/N-ethyl adjacent to an activating group) is 1. The molecule has 1 heterocycles. The van der Waals surface area contributed by atoms with Gasteiger partial charge in [-0.15, -0.1) is 0 Å². The monoisotopic (exact) mass is 237 g/mol. The average molecular weight is 237 g/mol. The summed E-state index contributed by atoms with van der Waals surface area (Å²) in [6.45, 7) is 3.48. The van der Waals surface area contributed by atoms with Crippen molar-refractivity contribution in [1.82, 2.24) is 0 Å². The second-order valence-electron chi connectivity index (χ2n) is 5.60. The van der Waals surface area contributed by atoms with Crippen molar-refractivity contribution in [2.75, 3.05) is 18.5 Å². The lowest BCUT2D eigenvalue weighted by Crippen LogP contribution is -2.30. The summed E-state index contributed by atoms with van der Waals surface area (Å²) >= 11 is 0. The van der Waals surface area contributed by atoms with Crippen molar-refractivity contribution in [1.29, 1.82) is 0 Å². The molecule has 1 nitrogen and oxygen atoms in total. The van der Waals surface area contributed by atoms with Crippen LogP contribution in [0.25, 0.3) is 0 Å². The quantitative estimate of drug-likeness (QED) is 0.771. The van der Waals surface area contributed by atoms with E-state index in [1.807, 2.05) is 0 Å². The first-order valence-corrected chi connectivity index (χ1v) is 6.54. The van der Waals surface area contributed by atoms with Crippen LogP contribution in [0.3, 0.4) is 0 Å². The predicted octanol–water partition coefficient (Wildman–Crippen LogP) is 3.64. The van der Waals surface area contributed by atoms with E-state index in [1.165, 1.54) is 16.8 Å². The van der Waals surface area contributed by atoms with E-state index < -0.39 is 0 Å². The summed E-state index contributed by atoms with van der Waals surface area (Å²) in [4.78, 5) is 2.37. The lowest BCUT2D eigenvalue weighted by atomic mass is 9.79. The summed E-state index contributed by atoms with van der Waals surface area (Å²) in [5, 5.41) is 0. The fourth-order valence-electron chi connectivity index (χ4n) is 3.21. The Hall–Kier alpha value is -1.76. The van der Waals surface area contributed by atoms with Gasteiger partial charge in [-0.05, 0) is 23.6 Å². The number of fused-ring (bicyclic) bond motifs is 1. The fourth-order valence-corrected chi connectivity index (χ4v) is 3.21. The minimum absolute atomic E-state index is 0.229. The maximum absolute atomic E-state index is 2.38. The molecule has 3 rings (SSSR count). The van der Waals surface area contributed by atoms with E-state index in [0.29, 0.717) is 0 Å². The van der Waals surface area contributed by atoms with Crippen molar-refractivity contribution >= 4 is 5.69 Å². The number of benzene rings is 2. The topological polar surface area (TPSA) is 3.24 Å². The standard InChI is InChI=1S/C17H19N/c1-17(12-14-8-4-3-5-9-14)13-18(2)16-11-7-6-10-15(16)17/h3-11H,12-13H2,1-2H3/t17-/m0/s1. The van der Waals surface area contributed by atoms with Gasteiger partial charge in [-0.2, -0.15) is 0 Å². The van der Waals surface area contributed by atoms with Crippen LogP contribution in [-0.4, -0.2) is 13.6 Å². The number of hydrogen-bond acceptors (Lipinski definition) is 1. The van der Waals surface area contributed by atoms with Gasteiger partial charge in [-0.3, -0.25) is 0 Å². The minimum atomic E-state index is 0.229. The zero-order valence-electron chi connectivity index (χ0n) is 11.1. The van der Waals surface area contributed by atoms with Crippen LogP contribution in [0.15, 0.2) is 54.6 Å². The van der Waals surface area contributed by atoms with E-state index in [2.05, 4.69) is 73.5 Å². The molecule has 1 aliphatic heterocycles. The lowest BCUT2D eigenvalue weighted by Gasteiger charge is -2.25. The molecule has 92 valence electrons. The lowest BCUT2D eigenvalue weighted by molar-refractivity contribution is 0.502. The van der Waals surface area contributed by atoms with Crippen LogP contribution >= 0.6 is 0 Å². The molecule has 0 N–H and O–H groups in total. The van der Waals surface area contributed by atoms with Crippen LogP contribution in [0.2, 0.25) is 0 Å². The largest absolute Gasteiger partial charge is 0.373 e. The molecule has 0 bridgehead atoms. The van der Waals surface area contributed by atoms with Crippen molar-refractivity contribution < 1.29 is 0 Å². The Bertz CT molecular complexity index is 547. The summed E-state index contributed by atoms with van der Waals surface area (Å²) in [6, 6.07) is 19.6. The summed E-state index contributed by atoms with van der Waals surface area (Å²) in [5.41, 5.74) is 4.52. The van der Waals surface area contributed by atoms with Crippen LogP contribution in [-0.2, 0) is 11.8 Å². The average Bonchev–Trinajstić information content (AvgIpc) is 2.63. The highest BCUT2D eigenvalue weighted by molar-refractivity contribution is 5.62. The smallest absolute Gasteiger partial charge is 0.0402 e. The van der Waals surface area contributed by atoms with Gasteiger partial charge in [-0.25, -0.2) is 0 Å². The molecule has 1 heteroatoms. The van der Waals surface area contributed by atoms with E-state index in [-0.39, 0.29) is 5.41 Å². The molecule has 2 aromatic carbocycles. The third-order valence-electron chi connectivity index (χ3n) is 3.99. The first-order valence-electron chi connectivity index (χ1n) is 6.54. The van der Waals surface area contributed by atoms with Crippen LogP contribution < -0.4 is 4.90 Å². The Kier molecular flexibility index (Phi) is 2.62. The Morgan fingerprint density at radius 1 is 1.00 bits per heavy atom. The zero-order valence-corrected chi connectivity index (χ0v) is 11.1. The van der Waals surface area contributed by atoms with Gasteiger partial charge in [0.15, 0.2) is 0 Å². The van der Waals surface area contributed by atoms with Crippen molar-refractivity contribution in [2.45, 2.75) is 18.8 Å². The molecule has 18 heavy (non-hydrogen) atoms. The van der Waals surface area contributed by atoms with Gasteiger partial charge in [-0.1, -0.05) is 55.5 Å². The molecule has 0 radical (unpaired) electrons. The zero-order chi connectivity index (χ0) is 12.6. The maximum atomic E-state index is 2.38. The predicted molar refractivity (Wildman–Crippen MR) is 77.2 cm³/mol. The molecule has 0 amide bonds. The van der Waals surface area contributed by atoms with E-state index in [0.717, 1.165) is 13.0 Å². The summed E-state index contributed by atoms with van der Waals surface area (Å²) in [5.74, 6) is 0. The highest BCUT2D eigenvalue weighted by Gasteiger charge is 2.36. The van der Waals surface area contributed by atoms with Gasteiger partial charge < -0.3 is 4.90 Å². The first kappa shape index (κ1) is 11.3. The van der Waals surface area contributed by atoms with Crippen molar-refractivity contribution in [3.63, 3.8) is 0 Å². The number of anilines is 1. The molecular weight excluding hydrogens is 218 g/mol. The van der Waals surface area contributed by atoms with E-state index in [9.17, 15) is 0 Å². The molecule has 0 saturated carbocycles. The van der Waals surface area contributed by atoms with Gasteiger partial charge in [0.2, 0.25) is 0 Å². The third-order valence-corrected chi connectivity index (χ3v) is 3.99. The molecule has 0 unspecified atom stereocenters. The molecular formula is C17H19N. The Morgan fingerprint density at radius 3 is 2.44 bits per heavy atom. The van der Waals surface area contributed by atoms with Crippen LogP contribution in [0.5, 0.6) is 0 Å². The molecule has 0 aliphatic carbocycles. The molecule has 1 aliphatic rings. The SMILES string of the molecule is CN1C[C@](C)(Cc2ccccc2)c2ccccc21. The van der Waals surface area contributed by atoms with Gasteiger partial charge in [0.1, 0.15) is 0 Å². The Balaban J connectivity index is 1.97. The third kappa shape index (κ3) is 1.80. The number of rotatable bonds is 2. The van der Waals surface area contributed by atoms with Gasteiger partial charge in [0.05, 0.1) is 0 Å². The second kappa shape index (κ2) is 4.16.